The molecular formula is C15H27Cl2N3OS. The molecular weight excluding hydrogens is 341 g/mol. The van der Waals surface area contributed by atoms with Gasteiger partial charge in [-0.15, -0.1) is 36.2 Å². The Balaban J connectivity index is 0.00000220. The van der Waals surface area contributed by atoms with Crippen LogP contribution in [0.1, 0.15) is 44.3 Å². The number of nitrogens with zero attached hydrogens (tertiary/aromatic N) is 2. The summed E-state index contributed by atoms with van der Waals surface area (Å²) in [5, 5.41) is 6.40. The van der Waals surface area contributed by atoms with Crippen molar-refractivity contribution in [3.05, 3.63) is 16.1 Å². The maximum absolute atomic E-state index is 12.4. The van der Waals surface area contributed by atoms with Crippen molar-refractivity contribution >= 4 is 42.1 Å². The third-order valence-corrected chi connectivity index (χ3v) is 5.02. The van der Waals surface area contributed by atoms with Gasteiger partial charge in [-0.3, -0.25) is 4.79 Å². The van der Waals surface area contributed by atoms with Gasteiger partial charge in [-0.05, 0) is 19.9 Å². The van der Waals surface area contributed by atoms with Crippen LogP contribution in [0.2, 0.25) is 0 Å². The van der Waals surface area contributed by atoms with E-state index in [1.54, 1.807) is 11.3 Å². The van der Waals surface area contributed by atoms with Crippen molar-refractivity contribution in [3.63, 3.8) is 0 Å². The van der Waals surface area contributed by atoms with Crippen LogP contribution in [0.4, 0.5) is 0 Å². The van der Waals surface area contributed by atoms with Crippen molar-refractivity contribution in [1.82, 2.24) is 15.2 Å². The summed E-state index contributed by atoms with van der Waals surface area (Å²) < 4.78 is 0. The normalized spacial score (nSPS) is 18.4. The number of hydrogen-bond acceptors (Lipinski definition) is 4. The largest absolute Gasteiger partial charge is 0.341 e. The molecule has 0 spiro atoms. The molecule has 1 aliphatic rings. The highest BCUT2D eigenvalue weighted by molar-refractivity contribution is 7.09. The lowest BCUT2D eigenvalue weighted by atomic mass is 9.98. The number of likely N-dealkylation sites (tertiary alicyclic amines) is 1. The number of amides is 1. The average molecular weight is 368 g/mol. The summed E-state index contributed by atoms with van der Waals surface area (Å²) in [6, 6.07) is 0.438. The van der Waals surface area contributed by atoms with Crippen LogP contribution in [0.3, 0.4) is 0 Å². The Morgan fingerprint density at radius 3 is 2.68 bits per heavy atom. The number of rotatable bonds is 3. The molecule has 1 amide bonds. The minimum atomic E-state index is 0. The second-order valence-corrected chi connectivity index (χ2v) is 7.40. The van der Waals surface area contributed by atoms with E-state index in [2.05, 4.69) is 31.1 Å². The fourth-order valence-electron chi connectivity index (χ4n) is 2.44. The molecule has 1 aliphatic heterocycles. The van der Waals surface area contributed by atoms with E-state index in [0.29, 0.717) is 12.5 Å². The molecule has 1 aromatic heterocycles. The van der Waals surface area contributed by atoms with E-state index in [1.165, 1.54) is 0 Å². The second kappa shape index (κ2) is 9.06. The molecule has 22 heavy (non-hydrogen) atoms. The molecule has 1 N–H and O–H groups in total. The molecule has 0 aliphatic carbocycles. The summed E-state index contributed by atoms with van der Waals surface area (Å²) in [5.41, 5.74) is 0.977. The van der Waals surface area contributed by atoms with Gasteiger partial charge >= 0.3 is 0 Å². The van der Waals surface area contributed by atoms with E-state index in [9.17, 15) is 4.79 Å². The average Bonchev–Trinajstić information content (AvgIpc) is 2.87. The lowest BCUT2D eigenvalue weighted by molar-refractivity contribution is -0.131. The summed E-state index contributed by atoms with van der Waals surface area (Å²) in [6.45, 7) is 8.16. The van der Waals surface area contributed by atoms with Crippen LogP contribution >= 0.6 is 36.2 Å². The van der Waals surface area contributed by atoms with Crippen molar-refractivity contribution in [2.45, 2.75) is 51.5 Å². The molecule has 128 valence electrons. The molecule has 0 bridgehead atoms. The fraction of sp³-hybridized carbons (Fsp3) is 0.733. The van der Waals surface area contributed by atoms with Crippen LogP contribution in [0, 0.1) is 0 Å². The zero-order valence-corrected chi connectivity index (χ0v) is 16.2. The number of nitrogens with one attached hydrogen (secondary N) is 1. The quantitative estimate of drug-likeness (QED) is 0.892. The Morgan fingerprint density at radius 1 is 1.45 bits per heavy atom. The molecule has 1 atom stereocenters. The first-order valence-corrected chi connectivity index (χ1v) is 8.18. The third kappa shape index (κ3) is 5.69. The molecule has 1 unspecified atom stereocenters. The summed E-state index contributed by atoms with van der Waals surface area (Å²) in [5.74, 6) is 0.204. The first-order chi connectivity index (χ1) is 9.40. The number of likely N-dealkylation sites (N-methyl/N-ethyl adjacent to an activating group) is 1. The molecule has 1 fully saturated rings. The van der Waals surface area contributed by atoms with E-state index >= 15 is 0 Å². The predicted molar refractivity (Wildman–Crippen MR) is 97.7 cm³/mol. The van der Waals surface area contributed by atoms with Gasteiger partial charge in [0.2, 0.25) is 5.91 Å². The summed E-state index contributed by atoms with van der Waals surface area (Å²) in [7, 11) is 1.97. The van der Waals surface area contributed by atoms with E-state index in [0.717, 1.165) is 36.6 Å². The predicted octanol–water partition coefficient (Wildman–Crippen LogP) is 3.04. The molecule has 1 aromatic rings. The molecule has 2 rings (SSSR count). The van der Waals surface area contributed by atoms with Crippen LogP contribution in [0.15, 0.2) is 5.38 Å². The van der Waals surface area contributed by atoms with E-state index in [-0.39, 0.29) is 36.1 Å². The van der Waals surface area contributed by atoms with Gasteiger partial charge in [0, 0.05) is 29.9 Å². The minimum Gasteiger partial charge on any atom is -0.341 e. The molecule has 4 nitrogen and oxygen atoms in total. The van der Waals surface area contributed by atoms with Crippen LogP contribution in [-0.2, 0) is 16.6 Å². The molecule has 7 heteroatoms. The number of carbonyl (C=O) groups excluding carboxylic acids is 1. The Kier molecular flexibility index (Phi) is 8.91. The lowest BCUT2D eigenvalue weighted by Gasteiger charge is -2.32. The summed E-state index contributed by atoms with van der Waals surface area (Å²) in [6.07, 6.45) is 2.68. The first kappa shape index (κ1) is 21.6. The summed E-state index contributed by atoms with van der Waals surface area (Å²) in [4.78, 5) is 18.9. The number of aromatic nitrogens is 1. The van der Waals surface area contributed by atoms with Crippen LogP contribution < -0.4 is 5.32 Å². The first-order valence-electron chi connectivity index (χ1n) is 7.30. The highest BCUT2D eigenvalue weighted by atomic mass is 35.5. The van der Waals surface area contributed by atoms with Crippen LogP contribution in [-0.4, -0.2) is 42.0 Å². The topological polar surface area (TPSA) is 45.2 Å². The molecule has 1 saturated heterocycles. The SMILES string of the molecule is CNC1CCCN(C(=O)Cc2csc(C(C)(C)C)n2)C1.Cl.Cl. The number of halogens is 2. The smallest absolute Gasteiger partial charge is 0.228 e. The van der Waals surface area contributed by atoms with Crippen molar-refractivity contribution in [1.29, 1.82) is 0 Å². The highest BCUT2D eigenvalue weighted by Gasteiger charge is 2.24. The third-order valence-electron chi connectivity index (χ3n) is 3.71. The standard InChI is InChI=1S/C15H25N3OS.2ClH/c1-15(2,3)14-17-12(10-20-14)8-13(19)18-7-5-6-11(9-18)16-4;;/h10-11,16H,5-9H2,1-4H3;2*1H. The van der Waals surface area contributed by atoms with Gasteiger partial charge in [-0.2, -0.15) is 0 Å². The van der Waals surface area contributed by atoms with Crippen LogP contribution in [0.25, 0.3) is 0 Å². The van der Waals surface area contributed by atoms with Gasteiger partial charge in [-0.25, -0.2) is 4.98 Å². The van der Waals surface area contributed by atoms with Crippen molar-refractivity contribution in [3.8, 4) is 0 Å². The number of carbonyl (C=O) groups is 1. The van der Waals surface area contributed by atoms with Gasteiger partial charge in [-0.1, -0.05) is 20.8 Å². The van der Waals surface area contributed by atoms with Gasteiger partial charge < -0.3 is 10.2 Å². The van der Waals surface area contributed by atoms with E-state index in [4.69, 9.17) is 0 Å². The maximum Gasteiger partial charge on any atom is 0.228 e. The van der Waals surface area contributed by atoms with Gasteiger partial charge in [0.05, 0.1) is 17.1 Å². The van der Waals surface area contributed by atoms with Gasteiger partial charge in [0.1, 0.15) is 0 Å². The minimum absolute atomic E-state index is 0. The highest BCUT2D eigenvalue weighted by Crippen LogP contribution is 2.26. The van der Waals surface area contributed by atoms with Crippen molar-refractivity contribution in [2.75, 3.05) is 20.1 Å². The van der Waals surface area contributed by atoms with Crippen LogP contribution in [0.5, 0.6) is 0 Å². The number of hydrogen-bond donors (Lipinski definition) is 1. The van der Waals surface area contributed by atoms with Gasteiger partial charge in [0.15, 0.2) is 0 Å². The molecule has 0 radical (unpaired) electrons. The van der Waals surface area contributed by atoms with Crippen molar-refractivity contribution < 1.29 is 4.79 Å². The van der Waals surface area contributed by atoms with E-state index in [1.807, 2.05) is 17.3 Å². The number of piperidine rings is 1. The Hall–Kier alpha value is -0.360. The fourth-order valence-corrected chi connectivity index (χ4v) is 3.35. The van der Waals surface area contributed by atoms with Crippen molar-refractivity contribution in [2.24, 2.45) is 0 Å². The molecule has 2 heterocycles. The van der Waals surface area contributed by atoms with Gasteiger partial charge in [0.25, 0.3) is 0 Å². The Labute approximate surface area is 149 Å². The summed E-state index contributed by atoms with van der Waals surface area (Å²) >= 11 is 1.66. The number of thiazole rings is 1. The Morgan fingerprint density at radius 2 is 2.14 bits per heavy atom. The molecule has 0 aromatic carbocycles. The maximum atomic E-state index is 12.4. The second-order valence-electron chi connectivity index (χ2n) is 6.54. The molecule has 0 saturated carbocycles. The lowest BCUT2D eigenvalue weighted by Crippen LogP contribution is -2.47. The Bertz CT molecular complexity index is 474. The van der Waals surface area contributed by atoms with E-state index < -0.39 is 0 Å². The zero-order chi connectivity index (χ0) is 14.8. The zero-order valence-electron chi connectivity index (χ0n) is 13.7. The monoisotopic (exact) mass is 367 g/mol.